The molecule has 0 aromatic rings. The van der Waals surface area contributed by atoms with Gasteiger partial charge in [-0.1, -0.05) is 152 Å². The van der Waals surface area contributed by atoms with Crippen molar-refractivity contribution in [2.24, 2.45) is 0 Å². The third-order valence-electron chi connectivity index (χ3n) is 9.30. The molecule has 1 N–H and O–H groups in total. The van der Waals surface area contributed by atoms with Gasteiger partial charge in [-0.2, -0.15) is 0 Å². The topological polar surface area (TPSA) is 112 Å². The average Bonchev–Trinajstić information content (AvgIpc) is 3.18. The quantitative estimate of drug-likeness (QED) is 0.0279. The van der Waals surface area contributed by atoms with Gasteiger partial charge in [0.05, 0.1) is 13.2 Å². The van der Waals surface area contributed by atoms with Crippen LogP contribution >= 0.6 is 7.82 Å². The lowest BCUT2D eigenvalue weighted by Crippen LogP contribution is -2.29. The number of hydrogen-bond donors (Lipinski definition) is 1. The molecule has 2 atom stereocenters. The molecule has 0 aromatic carbocycles. The molecule has 2 unspecified atom stereocenters. The van der Waals surface area contributed by atoms with Crippen molar-refractivity contribution in [2.75, 3.05) is 40.5 Å². The summed E-state index contributed by atoms with van der Waals surface area (Å²) in [5.74, 6) is -0.875. The highest BCUT2D eigenvalue weighted by atomic mass is 31.2. The zero-order chi connectivity index (χ0) is 41.9. The van der Waals surface area contributed by atoms with E-state index in [2.05, 4.69) is 68.5 Å². The van der Waals surface area contributed by atoms with Gasteiger partial charge >= 0.3 is 19.8 Å². The van der Waals surface area contributed by atoms with Crippen molar-refractivity contribution in [1.82, 2.24) is 4.90 Å². The maximum Gasteiger partial charge on any atom is 0.472 e. The molecule has 9 nitrogen and oxygen atoms in total. The monoisotopic (exact) mass is 822 g/mol. The van der Waals surface area contributed by atoms with Crippen LogP contribution in [0.3, 0.4) is 0 Å². The number of likely N-dealkylation sites (N-methyl/N-ethyl adjacent to an activating group) is 1. The predicted molar refractivity (Wildman–Crippen MR) is 238 cm³/mol. The molecule has 0 heterocycles. The molecule has 0 amide bonds. The van der Waals surface area contributed by atoms with Crippen LogP contribution in [-0.4, -0.2) is 68.3 Å². The molecule has 0 aliphatic heterocycles. The van der Waals surface area contributed by atoms with E-state index in [9.17, 15) is 19.0 Å². The number of ether oxygens (including phenoxy) is 2. The van der Waals surface area contributed by atoms with E-state index < -0.39 is 32.5 Å². The molecule has 0 saturated carbocycles. The van der Waals surface area contributed by atoms with Crippen LogP contribution in [-0.2, 0) is 32.7 Å². The maximum absolute atomic E-state index is 12.6. The second-order valence-electron chi connectivity index (χ2n) is 15.2. The van der Waals surface area contributed by atoms with Crippen molar-refractivity contribution >= 4 is 19.8 Å². The first-order chi connectivity index (χ1) is 27.7. The molecule has 0 radical (unpaired) electrons. The summed E-state index contributed by atoms with van der Waals surface area (Å²) in [5.41, 5.74) is 0. The van der Waals surface area contributed by atoms with E-state index in [0.717, 1.165) is 51.4 Å². The first-order valence-electron chi connectivity index (χ1n) is 22.6. The van der Waals surface area contributed by atoms with Crippen LogP contribution in [0.1, 0.15) is 181 Å². The third-order valence-corrected chi connectivity index (χ3v) is 10.3. The number of esters is 2. The lowest BCUT2D eigenvalue weighted by Gasteiger charge is -2.20. The van der Waals surface area contributed by atoms with Crippen LogP contribution < -0.4 is 0 Å². The minimum absolute atomic E-state index is 0.00555. The summed E-state index contributed by atoms with van der Waals surface area (Å²) >= 11 is 0. The molecule has 0 aliphatic rings. The van der Waals surface area contributed by atoms with Crippen molar-refractivity contribution < 1.29 is 37.6 Å². The Morgan fingerprint density at radius 2 is 0.965 bits per heavy atom. The number of allylic oxidation sites excluding steroid dienone is 10. The van der Waals surface area contributed by atoms with Gasteiger partial charge in [0.25, 0.3) is 0 Å². The van der Waals surface area contributed by atoms with Crippen molar-refractivity contribution in [1.29, 1.82) is 0 Å². The minimum atomic E-state index is -4.38. The number of carbonyl (C=O) groups is 2. The number of unbranched alkanes of at least 4 members (excludes halogenated alkanes) is 17. The number of phosphoric ester groups is 1. The summed E-state index contributed by atoms with van der Waals surface area (Å²) in [5, 5.41) is 0. The molecular weight excluding hydrogens is 737 g/mol. The van der Waals surface area contributed by atoms with E-state index in [4.69, 9.17) is 18.5 Å². The second-order valence-corrected chi connectivity index (χ2v) is 16.7. The SMILES string of the molecule is CCCCC/C=C\C/C=C\C/C=C\C/C=C\CCCC(=O)OC(COC(=O)CCCCCCCCC/C=C\CCCCCCCC)COP(=O)(O)OCCN(C)C. The van der Waals surface area contributed by atoms with Crippen LogP contribution in [0.15, 0.2) is 60.8 Å². The van der Waals surface area contributed by atoms with E-state index in [0.29, 0.717) is 19.4 Å². The lowest BCUT2D eigenvalue weighted by molar-refractivity contribution is -0.161. The summed E-state index contributed by atoms with van der Waals surface area (Å²) in [4.78, 5) is 37.0. The summed E-state index contributed by atoms with van der Waals surface area (Å²) in [7, 11) is -0.746. The summed E-state index contributed by atoms with van der Waals surface area (Å²) < 4.78 is 33.4. The largest absolute Gasteiger partial charge is 0.472 e. The normalized spacial score (nSPS) is 13.9. The van der Waals surface area contributed by atoms with E-state index in [-0.39, 0.29) is 26.1 Å². The maximum atomic E-state index is 12.6. The molecule has 0 spiro atoms. The van der Waals surface area contributed by atoms with Gasteiger partial charge in [-0.25, -0.2) is 4.57 Å². The number of carbonyl (C=O) groups excluding carboxylic acids is 2. The Labute approximate surface area is 349 Å². The third kappa shape index (κ3) is 43.1. The Bertz CT molecular complexity index is 1130. The molecule has 0 rings (SSSR count). The molecule has 57 heavy (non-hydrogen) atoms. The fourth-order valence-electron chi connectivity index (χ4n) is 5.79. The average molecular weight is 822 g/mol. The molecule has 0 bridgehead atoms. The van der Waals surface area contributed by atoms with Crippen molar-refractivity contribution in [3.8, 4) is 0 Å². The van der Waals surface area contributed by atoms with Crippen molar-refractivity contribution in [2.45, 2.75) is 187 Å². The van der Waals surface area contributed by atoms with Crippen molar-refractivity contribution in [3.63, 3.8) is 0 Å². The Hall–Kier alpha value is -2.29. The highest BCUT2D eigenvalue weighted by Gasteiger charge is 2.26. The standard InChI is InChI=1S/C47H84NO8P/c1-5-7-9-11-13-15-17-19-21-23-25-27-29-31-33-35-37-39-46(49)53-43-45(44-55-57(51,52)54-42-41-48(3)4)56-47(50)40-38-36-34-32-30-28-26-24-22-20-18-16-14-12-10-8-6-2/h14,16,19-22,26,28,32,34,45H,5-13,15,17-18,23-25,27,29-31,33,35-44H2,1-4H3,(H,51,52)/b16-14-,21-19-,22-20-,28-26-,34-32-. The number of phosphoric acid groups is 1. The van der Waals surface area contributed by atoms with Crippen LogP contribution in [0.2, 0.25) is 0 Å². The first-order valence-corrected chi connectivity index (χ1v) is 24.1. The Balaban J connectivity index is 4.38. The van der Waals surface area contributed by atoms with E-state index in [1.807, 2.05) is 25.1 Å². The number of nitrogens with zero attached hydrogens (tertiary/aromatic N) is 1. The van der Waals surface area contributed by atoms with Gasteiger partial charge in [-0.15, -0.1) is 0 Å². The van der Waals surface area contributed by atoms with Gasteiger partial charge in [0.1, 0.15) is 6.61 Å². The molecule has 330 valence electrons. The van der Waals surface area contributed by atoms with Crippen LogP contribution in [0.5, 0.6) is 0 Å². The second kappa shape index (κ2) is 41.9. The summed E-state index contributed by atoms with van der Waals surface area (Å²) in [6.07, 6.45) is 48.4. The highest BCUT2D eigenvalue weighted by molar-refractivity contribution is 7.47. The summed E-state index contributed by atoms with van der Waals surface area (Å²) in [6, 6.07) is 0. The Morgan fingerprint density at radius 1 is 0.544 bits per heavy atom. The van der Waals surface area contributed by atoms with Gasteiger partial charge in [-0.3, -0.25) is 18.6 Å². The number of hydrogen-bond acceptors (Lipinski definition) is 8. The summed E-state index contributed by atoms with van der Waals surface area (Å²) in [6.45, 7) is 4.22. The fraction of sp³-hybridized carbons (Fsp3) is 0.745. The van der Waals surface area contributed by atoms with Crippen LogP contribution in [0.25, 0.3) is 0 Å². The molecule has 0 saturated heterocycles. The van der Waals surface area contributed by atoms with Gasteiger partial charge in [0, 0.05) is 19.4 Å². The Kier molecular flexibility index (Phi) is 40.2. The van der Waals surface area contributed by atoms with Crippen LogP contribution in [0, 0.1) is 0 Å². The van der Waals surface area contributed by atoms with Crippen LogP contribution in [0.4, 0.5) is 0 Å². The van der Waals surface area contributed by atoms with Gasteiger partial charge in [0.2, 0.25) is 0 Å². The zero-order valence-corrected chi connectivity index (χ0v) is 37.7. The number of rotatable bonds is 41. The fourth-order valence-corrected chi connectivity index (χ4v) is 6.53. The molecule has 0 fully saturated rings. The predicted octanol–water partition coefficient (Wildman–Crippen LogP) is 13.1. The molecule has 10 heteroatoms. The van der Waals surface area contributed by atoms with E-state index in [1.54, 1.807) is 0 Å². The molecule has 0 aromatic heterocycles. The highest BCUT2D eigenvalue weighted by Crippen LogP contribution is 2.43. The minimum Gasteiger partial charge on any atom is -0.462 e. The van der Waals surface area contributed by atoms with Gasteiger partial charge in [0.15, 0.2) is 6.10 Å². The Morgan fingerprint density at radius 3 is 1.51 bits per heavy atom. The lowest BCUT2D eigenvalue weighted by atomic mass is 10.1. The first kappa shape index (κ1) is 54.7. The van der Waals surface area contributed by atoms with Crippen molar-refractivity contribution in [3.05, 3.63) is 60.8 Å². The zero-order valence-electron chi connectivity index (χ0n) is 36.8. The van der Waals surface area contributed by atoms with Gasteiger partial charge < -0.3 is 19.3 Å². The molecule has 0 aliphatic carbocycles. The van der Waals surface area contributed by atoms with E-state index in [1.165, 1.54) is 89.9 Å². The smallest absolute Gasteiger partial charge is 0.462 e. The molecular formula is C47H84NO8P. The van der Waals surface area contributed by atoms with E-state index >= 15 is 0 Å². The van der Waals surface area contributed by atoms with Gasteiger partial charge in [-0.05, 0) is 91.1 Å².